The van der Waals surface area contributed by atoms with Crippen LogP contribution in [0.5, 0.6) is 0 Å². The summed E-state index contributed by atoms with van der Waals surface area (Å²) in [7, 11) is 0. The second kappa shape index (κ2) is 13.2. The van der Waals surface area contributed by atoms with Crippen LogP contribution in [0.3, 0.4) is 0 Å². The molecule has 0 aromatic carbocycles. The van der Waals surface area contributed by atoms with Gasteiger partial charge in [-0.1, -0.05) is 50.0 Å². The molecule has 4 heteroatoms. The maximum atomic E-state index is 3.93. The minimum Gasteiger partial charge on any atom is -0.159 e. The Labute approximate surface area is 131 Å². The van der Waals surface area contributed by atoms with Crippen LogP contribution < -0.4 is 0 Å². The summed E-state index contributed by atoms with van der Waals surface area (Å²) in [5.41, 5.74) is 2.29. The molecule has 4 nitrogen and oxygen atoms in total. The first-order valence-corrected chi connectivity index (χ1v) is 6.15. The first kappa shape index (κ1) is 24.2. The van der Waals surface area contributed by atoms with Crippen molar-refractivity contribution in [3.8, 4) is 0 Å². The molecule has 0 bridgehead atoms. The van der Waals surface area contributed by atoms with Gasteiger partial charge in [0, 0.05) is 12.4 Å². The van der Waals surface area contributed by atoms with E-state index in [0.29, 0.717) is 11.8 Å². The van der Waals surface area contributed by atoms with E-state index >= 15 is 0 Å². The number of rotatable bonds is 2. The highest BCUT2D eigenvalue weighted by atomic mass is 15.1. The molecule has 21 heavy (non-hydrogen) atoms. The molecule has 0 saturated carbocycles. The van der Waals surface area contributed by atoms with Crippen LogP contribution in [0.1, 0.15) is 73.1 Å². The summed E-state index contributed by atoms with van der Waals surface area (Å²) in [4.78, 5) is 0. The highest BCUT2D eigenvalue weighted by molar-refractivity contribution is 5.09. The predicted octanol–water partition coefficient (Wildman–Crippen LogP) is 5.11. The van der Waals surface area contributed by atoms with Crippen molar-refractivity contribution in [1.29, 1.82) is 0 Å². The van der Waals surface area contributed by atoms with Crippen molar-refractivity contribution in [2.45, 2.75) is 61.8 Å². The fourth-order valence-corrected chi connectivity index (χ4v) is 1.26. The second-order valence-electron chi connectivity index (χ2n) is 4.63. The molecule has 2 aromatic rings. The standard InChI is InChI=1S/2C7H10N2.3CH4/c1-6(2)7-3-4-8-9-5-7;1-6(2)7-4-3-5-8-9-7;;;/h2*3-6H,1-2H3;3*1H4. The molecule has 0 spiro atoms. The molecule has 2 aromatic heterocycles. The lowest BCUT2D eigenvalue weighted by Gasteiger charge is -2.00. The van der Waals surface area contributed by atoms with Gasteiger partial charge in [-0.25, -0.2) is 0 Å². The molecule has 0 aliphatic rings. The first-order valence-electron chi connectivity index (χ1n) is 6.15. The zero-order valence-corrected chi connectivity index (χ0v) is 11.4. The van der Waals surface area contributed by atoms with E-state index in [4.69, 9.17) is 0 Å². The van der Waals surface area contributed by atoms with Crippen LogP contribution in [0, 0.1) is 0 Å². The molecule has 0 aliphatic carbocycles. The summed E-state index contributed by atoms with van der Waals surface area (Å²) in [6, 6.07) is 5.87. The third-order valence-electron chi connectivity index (χ3n) is 2.46. The van der Waals surface area contributed by atoms with Crippen molar-refractivity contribution in [1.82, 2.24) is 20.4 Å². The predicted molar refractivity (Wildman–Crippen MR) is 92.4 cm³/mol. The molecule has 0 radical (unpaired) electrons. The van der Waals surface area contributed by atoms with Gasteiger partial charge >= 0.3 is 0 Å². The maximum absolute atomic E-state index is 3.93. The molecule has 2 rings (SSSR count). The van der Waals surface area contributed by atoms with Crippen molar-refractivity contribution >= 4 is 0 Å². The van der Waals surface area contributed by atoms with Gasteiger partial charge in [-0.15, -0.1) is 0 Å². The van der Waals surface area contributed by atoms with Gasteiger partial charge in [0.15, 0.2) is 0 Å². The third-order valence-corrected chi connectivity index (χ3v) is 2.46. The largest absolute Gasteiger partial charge is 0.159 e. The van der Waals surface area contributed by atoms with Gasteiger partial charge < -0.3 is 0 Å². The summed E-state index contributed by atoms with van der Waals surface area (Å²) in [5.74, 6) is 1.04. The van der Waals surface area contributed by atoms with E-state index in [1.54, 1.807) is 18.6 Å². The second-order valence-corrected chi connectivity index (χ2v) is 4.63. The van der Waals surface area contributed by atoms with Crippen LogP contribution in [0.4, 0.5) is 0 Å². The Bertz CT molecular complexity index is 384. The smallest absolute Gasteiger partial charge is 0.0656 e. The average Bonchev–Trinajstić information content (AvgIpc) is 2.41. The topological polar surface area (TPSA) is 51.6 Å². The van der Waals surface area contributed by atoms with Gasteiger partial charge in [0.2, 0.25) is 0 Å². The van der Waals surface area contributed by atoms with Crippen LogP contribution >= 0.6 is 0 Å². The van der Waals surface area contributed by atoms with Crippen molar-refractivity contribution < 1.29 is 0 Å². The molecule has 120 valence electrons. The lowest BCUT2D eigenvalue weighted by molar-refractivity contribution is 0.785. The Balaban J connectivity index is -0.000000270. The van der Waals surface area contributed by atoms with Gasteiger partial charge in [-0.05, 0) is 35.6 Å². The summed E-state index contributed by atoms with van der Waals surface area (Å²) in [6.45, 7) is 8.47. The van der Waals surface area contributed by atoms with Crippen LogP contribution in [0.2, 0.25) is 0 Å². The van der Waals surface area contributed by atoms with E-state index in [2.05, 4.69) is 48.1 Å². The average molecular weight is 292 g/mol. The number of aromatic nitrogens is 4. The Morgan fingerprint density at radius 1 is 0.762 bits per heavy atom. The van der Waals surface area contributed by atoms with Crippen LogP contribution in [-0.4, -0.2) is 20.4 Å². The van der Waals surface area contributed by atoms with Crippen LogP contribution in [0.15, 0.2) is 36.8 Å². The Morgan fingerprint density at radius 3 is 1.71 bits per heavy atom. The summed E-state index contributed by atoms with van der Waals surface area (Å²) in [6.07, 6.45) is 5.20. The fraction of sp³-hybridized carbons (Fsp3) is 0.529. The van der Waals surface area contributed by atoms with Gasteiger partial charge in [0.05, 0.1) is 11.9 Å². The van der Waals surface area contributed by atoms with E-state index < -0.39 is 0 Å². The molecule has 0 aliphatic heterocycles. The van der Waals surface area contributed by atoms with Gasteiger partial charge in [0.25, 0.3) is 0 Å². The molecule has 0 amide bonds. The van der Waals surface area contributed by atoms with Gasteiger partial charge in [0.1, 0.15) is 0 Å². The van der Waals surface area contributed by atoms with E-state index in [9.17, 15) is 0 Å². The Morgan fingerprint density at radius 2 is 1.43 bits per heavy atom. The van der Waals surface area contributed by atoms with Crippen LogP contribution in [-0.2, 0) is 0 Å². The number of hydrogen-bond acceptors (Lipinski definition) is 4. The SMILES string of the molecule is C.C.C.CC(C)c1cccnn1.CC(C)c1ccnnc1. The third kappa shape index (κ3) is 9.66. The first-order chi connectivity index (χ1) is 8.61. The van der Waals surface area contributed by atoms with E-state index in [0.717, 1.165) is 5.69 Å². The molecule has 0 fully saturated rings. The molecular weight excluding hydrogens is 260 g/mol. The number of hydrogen-bond donors (Lipinski definition) is 0. The molecule has 2 heterocycles. The van der Waals surface area contributed by atoms with Crippen molar-refractivity contribution in [3.63, 3.8) is 0 Å². The molecule has 0 atom stereocenters. The maximum Gasteiger partial charge on any atom is 0.0656 e. The summed E-state index contributed by atoms with van der Waals surface area (Å²) >= 11 is 0. The Hall–Kier alpha value is -1.84. The van der Waals surface area contributed by atoms with E-state index in [-0.39, 0.29) is 22.3 Å². The zero-order valence-electron chi connectivity index (χ0n) is 11.4. The van der Waals surface area contributed by atoms with E-state index in [1.807, 2.05) is 18.2 Å². The van der Waals surface area contributed by atoms with Gasteiger partial charge in [-0.2, -0.15) is 20.4 Å². The number of nitrogens with zero attached hydrogens (tertiary/aromatic N) is 4. The highest BCUT2D eigenvalue weighted by Crippen LogP contribution is 2.09. The lowest BCUT2D eigenvalue weighted by Crippen LogP contribution is -1.92. The normalized spacial score (nSPS) is 8.67. The van der Waals surface area contributed by atoms with E-state index in [1.165, 1.54) is 5.56 Å². The minimum absolute atomic E-state index is 0. The molecular formula is C17H32N4. The summed E-state index contributed by atoms with van der Waals surface area (Å²) < 4.78 is 0. The van der Waals surface area contributed by atoms with Crippen molar-refractivity contribution in [2.75, 3.05) is 0 Å². The van der Waals surface area contributed by atoms with Gasteiger partial charge in [-0.3, -0.25) is 0 Å². The minimum atomic E-state index is 0. The fourth-order valence-electron chi connectivity index (χ4n) is 1.26. The Kier molecular flexibility index (Phi) is 15.2. The molecule has 0 N–H and O–H groups in total. The van der Waals surface area contributed by atoms with Crippen LogP contribution in [0.25, 0.3) is 0 Å². The summed E-state index contributed by atoms with van der Waals surface area (Å²) in [5, 5.41) is 15.1. The van der Waals surface area contributed by atoms with Crippen molar-refractivity contribution in [2.24, 2.45) is 0 Å². The lowest BCUT2D eigenvalue weighted by atomic mass is 10.1. The zero-order chi connectivity index (χ0) is 13.4. The monoisotopic (exact) mass is 292 g/mol. The van der Waals surface area contributed by atoms with Crippen molar-refractivity contribution in [3.05, 3.63) is 48.0 Å². The highest BCUT2D eigenvalue weighted by Gasteiger charge is 1.96. The quantitative estimate of drug-likeness (QED) is 0.772. The molecule has 0 unspecified atom stereocenters. The molecule has 0 saturated heterocycles.